The van der Waals surface area contributed by atoms with Crippen LogP contribution in [0.3, 0.4) is 0 Å². The van der Waals surface area contributed by atoms with Crippen molar-refractivity contribution < 1.29 is 0 Å². The van der Waals surface area contributed by atoms with Crippen molar-refractivity contribution in [2.24, 2.45) is 0 Å². The van der Waals surface area contributed by atoms with E-state index in [1.165, 1.54) is 27.7 Å². The van der Waals surface area contributed by atoms with E-state index in [4.69, 9.17) is 0 Å². The van der Waals surface area contributed by atoms with Crippen LogP contribution >= 0.6 is 15.9 Å². The van der Waals surface area contributed by atoms with Gasteiger partial charge in [0.25, 0.3) is 0 Å². The lowest BCUT2D eigenvalue weighted by Crippen LogP contribution is -2.15. The fourth-order valence-corrected chi connectivity index (χ4v) is 3.03. The summed E-state index contributed by atoms with van der Waals surface area (Å²) >= 11 is 3.59. The number of nitrogens with zero attached hydrogens (tertiary/aromatic N) is 1. The number of aromatic nitrogens is 1. The molecule has 0 aliphatic carbocycles. The molecule has 2 nitrogen and oxygen atoms in total. The van der Waals surface area contributed by atoms with E-state index in [2.05, 4.69) is 88.4 Å². The molecule has 3 aromatic rings. The number of hydrogen-bond donors (Lipinski definition) is 1. The molecule has 1 N–H and O–H groups in total. The van der Waals surface area contributed by atoms with Gasteiger partial charge in [0.1, 0.15) is 0 Å². The first kappa shape index (κ1) is 14.4. The van der Waals surface area contributed by atoms with Gasteiger partial charge in [-0.25, -0.2) is 0 Å². The number of rotatable bonds is 4. The lowest BCUT2D eigenvalue weighted by Gasteiger charge is -2.10. The van der Waals surface area contributed by atoms with E-state index >= 15 is 0 Å². The molecule has 3 heteroatoms. The van der Waals surface area contributed by atoms with Gasteiger partial charge in [0.15, 0.2) is 0 Å². The van der Waals surface area contributed by atoms with Gasteiger partial charge in [0, 0.05) is 27.6 Å². The highest BCUT2D eigenvalue weighted by atomic mass is 79.9. The lowest BCUT2D eigenvalue weighted by molar-refractivity contribution is 0.414. The molecule has 0 aliphatic heterocycles. The largest absolute Gasteiger partial charge is 0.354 e. The molecule has 0 fully saturated rings. The SMILES string of the molecule is CN(C)CCc1c(-c2ccccc2)[nH]c2ccc(Br)cc12. The zero-order valence-electron chi connectivity index (χ0n) is 12.4. The van der Waals surface area contributed by atoms with Crippen molar-refractivity contribution in [3.05, 3.63) is 58.6 Å². The summed E-state index contributed by atoms with van der Waals surface area (Å²) in [7, 11) is 4.24. The first-order chi connectivity index (χ1) is 10.1. The summed E-state index contributed by atoms with van der Waals surface area (Å²) in [5.74, 6) is 0. The minimum Gasteiger partial charge on any atom is -0.354 e. The molecule has 0 atom stereocenters. The quantitative estimate of drug-likeness (QED) is 0.727. The second kappa shape index (κ2) is 6.04. The molecule has 0 unspecified atom stereocenters. The van der Waals surface area contributed by atoms with Crippen LogP contribution in [0.25, 0.3) is 22.2 Å². The van der Waals surface area contributed by atoms with Crippen LogP contribution < -0.4 is 0 Å². The minimum absolute atomic E-state index is 1.04. The van der Waals surface area contributed by atoms with E-state index in [1.54, 1.807) is 0 Å². The van der Waals surface area contributed by atoms with E-state index in [-0.39, 0.29) is 0 Å². The summed E-state index contributed by atoms with van der Waals surface area (Å²) in [5, 5.41) is 1.31. The minimum atomic E-state index is 1.04. The molecule has 0 spiro atoms. The Morgan fingerprint density at radius 1 is 1.05 bits per heavy atom. The Morgan fingerprint density at radius 2 is 1.81 bits per heavy atom. The summed E-state index contributed by atoms with van der Waals surface area (Å²) < 4.78 is 1.12. The van der Waals surface area contributed by atoms with E-state index in [0.717, 1.165) is 17.4 Å². The van der Waals surface area contributed by atoms with Gasteiger partial charge in [0.2, 0.25) is 0 Å². The summed E-state index contributed by atoms with van der Waals surface area (Å²) in [6.07, 6.45) is 1.04. The zero-order valence-corrected chi connectivity index (χ0v) is 13.9. The molecule has 1 aromatic heterocycles. The molecule has 21 heavy (non-hydrogen) atoms. The number of halogens is 1. The Morgan fingerprint density at radius 3 is 2.52 bits per heavy atom. The maximum absolute atomic E-state index is 3.59. The first-order valence-corrected chi connectivity index (χ1v) is 7.94. The second-order valence-electron chi connectivity index (χ2n) is 5.59. The summed E-state index contributed by atoms with van der Waals surface area (Å²) in [6.45, 7) is 1.04. The molecule has 0 bridgehead atoms. The Balaban J connectivity index is 2.16. The third-order valence-electron chi connectivity index (χ3n) is 3.74. The fraction of sp³-hybridized carbons (Fsp3) is 0.222. The highest BCUT2D eigenvalue weighted by Crippen LogP contribution is 2.32. The molecular weight excluding hydrogens is 324 g/mol. The number of hydrogen-bond acceptors (Lipinski definition) is 1. The van der Waals surface area contributed by atoms with Gasteiger partial charge < -0.3 is 9.88 Å². The van der Waals surface area contributed by atoms with Crippen molar-refractivity contribution >= 4 is 26.8 Å². The van der Waals surface area contributed by atoms with Crippen molar-refractivity contribution in [3.8, 4) is 11.3 Å². The maximum Gasteiger partial charge on any atom is 0.0497 e. The number of fused-ring (bicyclic) bond motifs is 1. The highest BCUT2D eigenvalue weighted by Gasteiger charge is 2.13. The monoisotopic (exact) mass is 342 g/mol. The molecule has 0 aliphatic rings. The molecule has 3 rings (SSSR count). The predicted molar refractivity (Wildman–Crippen MR) is 93.7 cm³/mol. The molecule has 1 heterocycles. The lowest BCUT2D eigenvalue weighted by atomic mass is 10.0. The van der Waals surface area contributed by atoms with Crippen LogP contribution in [0.2, 0.25) is 0 Å². The van der Waals surface area contributed by atoms with Crippen LogP contribution in [0.4, 0.5) is 0 Å². The predicted octanol–water partition coefficient (Wildman–Crippen LogP) is 4.70. The molecule has 108 valence electrons. The smallest absolute Gasteiger partial charge is 0.0497 e. The summed E-state index contributed by atoms with van der Waals surface area (Å²) in [4.78, 5) is 5.82. The van der Waals surface area contributed by atoms with Gasteiger partial charge in [-0.2, -0.15) is 0 Å². The Labute approximate surface area is 133 Å². The summed E-state index contributed by atoms with van der Waals surface area (Å²) in [6, 6.07) is 17.0. The number of benzene rings is 2. The molecule has 0 amide bonds. The molecule has 0 radical (unpaired) electrons. The van der Waals surface area contributed by atoms with Crippen molar-refractivity contribution in [1.29, 1.82) is 0 Å². The van der Waals surface area contributed by atoms with Crippen LogP contribution in [-0.2, 0) is 6.42 Å². The van der Waals surface area contributed by atoms with Crippen molar-refractivity contribution in [3.63, 3.8) is 0 Å². The fourth-order valence-electron chi connectivity index (χ4n) is 2.67. The summed E-state index contributed by atoms with van der Waals surface area (Å²) in [5.41, 5.74) is 5.08. The van der Waals surface area contributed by atoms with Crippen LogP contribution in [0, 0.1) is 0 Å². The Kier molecular flexibility index (Phi) is 4.13. The standard InChI is InChI=1S/C18H19BrN2/c1-21(2)11-10-15-16-12-14(19)8-9-17(16)20-18(15)13-6-4-3-5-7-13/h3-9,12,20H,10-11H2,1-2H3. The average molecular weight is 343 g/mol. The highest BCUT2D eigenvalue weighted by molar-refractivity contribution is 9.10. The third kappa shape index (κ3) is 3.04. The number of H-pyrrole nitrogens is 1. The van der Waals surface area contributed by atoms with Gasteiger partial charge >= 0.3 is 0 Å². The van der Waals surface area contributed by atoms with Gasteiger partial charge in [-0.15, -0.1) is 0 Å². The van der Waals surface area contributed by atoms with Crippen LogP contribution in [0.15, 0.2) is 53.0 Å². The molecule has 0 saturated carbocycles. The van der Waals surface area contributed by atoms with Crippen LogP contribution in [-0.4, -0.2) is 30.5 Å². The van der Waals surface area contributed by atoms with E-state index in [1.807, 2.05) is 0 Å². The van der Waals surface area contributed by atoms with Crippen molar-refractivity contribution in [2.45, 2.75) is 6.42 Å². The number of likely N-dealkylation sites (N-methyl/N-ethyl adjacent to an activating group) is 1. The first-order valence-electron chi connectivity index (χ1n) is 7.15. The van der Waals surface area contributed by atoms with Gasteiger partial charge in [-0.3, -0.25) is 0 Å². The van der Waals surface area contributed by atoms with Gasteiger partial charge in [0.05, 0.1) is 0 Å². The van der Waals surface area contributed by atoms with Gasteiger partial charge in [-0.05, 0) is 49.8 Å². The van der Waals surface area contributed by atoms with Crippen molar-refractivity contribution in [1.82, 2.24) is 9.88 Å². The van der Waals surface area contributed by atoms with E-state index < -0.39 is 0 Å². The Hall–Kier alpha value is -1.58. The normalized spacial score (nSPS) is 11.4. The molecule has 2 aromatic carbocycles. The number of aromatic amines is 1. The van der Waals surface area contributed by atoms with Crippen molar-refractivity contribution in [2.75, 3.05) is 20.6 Å². The topological polar surface area (TPSA) is 19.0 Å². The third-order valence-corrected chi connectivity index (χ3v) is 4.23. The molecular formula is C18H19BrN2. The zero-order chi connectivity index (χ0) is 14.8. The molecule has 0 saturated heterocycles. The van der Waals surface area contributed by atoms with Crippen LogP contribution in [0.5, 0.6) is 0 Å². The maximum atomic E-state index is 3.59. The van der Waals surface area contributed by atoms with E-state index in [9.17, 15) is 0 Å². The number of nitrogens with one attached hydrogen (secondary N) is 1. The van der Waals surface area contributed by atoms with Crippen LogP contribution in [0.1, 0.15) is 5.56 Å². The Bertz CT molecular complexity index is 745. The average Bonchev–Trinajstić information content (AvgIpc) is 2.84. The second-order valence-corrected chi connectivity index (χ2v) is 6.50. The van der Waals surface area contributed by atoms with Gasteiger partial charge in [-0.1, -0.05) is 46.3 Å². The van der Waals surface area contributed by atoms with E-state index in [0.29, 0.717) is 0 Å².